The molecule has 0 radical (unpaired) electrons. The number of ether oxygens (including phenoxy) is 4. The van der Waals surface area contributed by atoms with Gasteiger partial charge in [0, 0.05) is 23.7 Å². The van der Waals surface area contributed by atoms with Crippen molar-refractivity contribution in [3.05, 3.63) is 155 Å². The Morgan fingerprint density at radius 3 is 1.38 bits per heavy atom. The first-order valence-electron chi connectivity index (χ1n) is 18.5. The van der Waals surface area contributed by atoms with E-state index in [0.717, 1.165) is 5.56 Å². The Labute approximate surface area is 346 Å². The van der Waals surface area contributed by atoms with Gasteiger partial charge in [-0.25, -0.2) is 9.59 Å². The van der Waals surface area contributed by atoms with E-state index in [1.807, 2.05) is 6.08 Å². The van der Waals surface area contributed by atoms with Gasteiger partial charge in [-0.05, 0) is 121 Å². The van der Waals surface area contributed by atoms with E-state index in [1.165, 1.54) is 60.7 Å². The fraction of sp³-hybridized carbons (Fsp3) is 0.200. The van der Waals surface area contributed by atoms with Gasteiger partial charge in [-0.15, -0.1) is 0 Å². The minimum atomic E-state index is -4.49. The Balaban J connectivity index is 1.15. The molecule has 16 heteroatoms. The first kappa shape index (κ1) is 45.3. The van der Waals surface area contributed by atoms with Gasteiger partial charge in [0.1, 0.15) is 23.0 Å². The lowest BCUT2D eigenvalue weighted by atomic mass is 9.84. The van der Waals surface area contributed by atoms with Crippen LogP contribution >= 0.6 is 0 Å². The van der Waals surface area contributed by atoms with E-state index in [4.69, 9.17) is 20.9 Å². The van der Waals surface area contributed by atoms with Crippen LogP contribution in [0.1, 0.15) is 62.6 Å². The lowest BCUT2D eigenvalue weighted by Gasteiger charge is -2.31. The number of nitrogens with two attached hydrogens (primary N) is 2. The number of carbonyl (C=O) groups is 2. The van der Waals surface area contributed by atoms with Gasteiger partial charge in [0.05, 0.1) is 11.1 Å². The van der Waals surface area contributed by atoms with Crippen LogP contribution in [0.15, 0.2) is 127 Å². The number of anilines is 2. The van der Waals surface area contributed by atoms with Crippen LogP contribution in [0.5, 0.6) is 23.0 Å². The van der Waals surface area contributed by atoms with Gasteiger partial charge < -0.3 is 40.6 Å². The lowest BCUT2D eigenvalue weighted by Crippen LogP contribution is -2.35. The van der Waals surface area contributed by atoms with Crippen LogP contribution in [0, 0.1) is 0 Å². The number of carbonyl (C=O) groups excluding carboxylic acids is 2. The van der Waals surface area contributed by atoms with E-state index >= 15 is 0 Å². The van der Waals surface area contributed by atoms with Gasteiger partial charge in [-0.3, -0.25) is 0 Å². The highest BCUT2D eigenvalue weighted by atomic mass is 19.4. The molecular weight excluding hydrogens is 810 g/mol. The zero-order chi connectivity index (χ0) is 44.2. The summed E-state index contributed by atoms with van der Waals surface area (Å²) in [6.45, 7) is -2.90. The van der Waals surface area contributed by atoms with Gasteiger partial charge in [0.2, 0.25) is 0 Å². The van der Waals surface area contributed by atoms with Crippen molar-refractivity contribution in [1.29, 1.82) is 0 Å². The van der Waals surface area contributed by atoms with Crippen molar-refractivity contribution >= 4 is 35.5 Å². The van der Waals surface area contributed by atoms with Gasteiger partial charge >= 0.3 is 24.3 Å². The van der Waals surface area contributed by atoms with Gasteiger partial charge in [0.15, 0.2) is 19.0 Å². The average molecular weight is 851 g/mol. The van der Waals surface area contributed by atoms with Crippen LogP contribution in [0.2, 0.25) is 0 Å². The summed E-state index contributed by atoms with van der Waals surface area (Å²) < 4.78 is 94.2. The molecule has 61 heavy (non-hydrogen) atoms. The third-order valence-electron chi connectivity index (χ3n) is 8.79. The van der Waals surface area contributed by atoms with Crippen LogP contribution in [0.3, 0.4) is 0 Å². The second-order valence-electron chi connectivity index (χ2n) is 13.7. The largest absolute Gasteiger partial charge is 0.484 e. The summed E-state index contributed by atoms with van der Waals surface area (Å²) in [5.41, 5.74) is 15.1. The molecule has 0 aliphatic carbocycles. The van der Waals surface area contributed by atoms with Crippen molar-refractivity contribution in [2.24, 2.45) is 0 Å². The molecule has 0 heterocycles. The van der Waals surface area contributed by atoms with Crippen molar-refractivity contribution in [1.82, 2.24) is 0 Å². The average Bonchev–Trinajstić information content (AvgIpc) is 3.19. The summed E-state index contributed by atoms with van der Waals surface area (Å²) in [7, 11) is 0. The second-order valence-corrected chi connectivity index (χ2v) is 13.7. The van der Waals surface area contributed by atoms with E-state index in [9.17, 15) is 46.1 Å². The van der Waals surface area contributed by atoms with Gasteiger partial charge in [0.25, 0.3) is 0 Å². The molecule has 0 fully saturated rings. The number of halogens is 6. The zero-order valence-electron chi connectivity index (χ0n) is 32.2. The summed E-state index contributed by atoms with van der Waals surface area (Å²) in [6.07, 6.45) is -1.66. The zero-order valence-corrected chi connectivity index (χ0v) is 32.2. The maximum atomic E-state index is 12.6. The van der Waals surface area contributed by atoms with Crippen molar-refractivity contribution in [3.63, 3.8) is 0 Å². The number of allylic oxidation sites excluding steroid dienone is 1. The minimum Gasteiger partial charge on any atom is -0.484 e. The molecule has 10 nitrogen and oxygen atoms in total. The van der Waals surface area contributed by atoms with Crippen LogP contribution in [-0.4, -0.2) is 53.5 Å². The van der Waals surface area contributed by atoms with Gasteiger partial charge in [-0.1, -0.05) is 48.6 Å². The molecule has 0 aliphatic rings. The third kappa shape index (κ3) is 14.8. The molecule has 5 aromatic rings. The van der Waals surface area contributed by atoms with Crippen LogP contribution in [0.25, 0.3) is 12.2 Å². The highest BCUT2D eigenvalue weighted by Crippen LogP contribution is 2.36. The van der Waals surface area contributed by atoms with E-state index < -0.39 is 49.2 Å². The lowest BCUT2D eigenvalue weighted by molar-refractivity contribution is -0.177. The Kier molecular flexibility index (Phi) is 14.8. The normalized spacial score (nSPS) is 12.7. The molecule has 5 aromatic carbocycles. The molecule has 1 atom stereocenters. The topological polar surface area (TPSA) is 164 Å². The molecule has 0 aliphatic heterocycles. The molecule has 1 unspecified atom stereocenters. The smallest absolute Gasteiger partial charge is 0.422 e. The summed E-state index contributed by atoms with van der Waals surface area (Å²) >= 11 is 0. The number of benzene rings is 5. The Bertz CT molecular complexity index is 2270. The van der Waals surface area contributed by atoms with Crippen LogP contribution < -0.4 is 30.4 Å². The molecule has 320 valence electrons. The van der Waals surface area contributed by atoms with E-state index in [1.54, 1.807) is 72.8 Å². The number of hydrogen-bond acceptors (Lipinski definition) is 10. The minimum absolute atomic E-state index is 0.0313. The predicted molar refractivity (Wildman–Crippen MR) is 216 cm³/mol. The van der Waals surface area contributed by atoms with Crippen molar-refractivity contribution < 1.29 is 65.1 Å². The van der Waals surface area contributed by atoms with Crippen LogP contribution in [0.4, 0.5) is 37.7 Å². The number of nitrogen functional groups attached to an aromatic ring is 2. The molecular formula is C45H40F6N2O8. The fourth-order valence-electron chi connectivity index (χ4n) is 5.89. The molecule has 0 amide bonds. The van der Waals surface area contributed by atoms with Crippen molar-refractivity contribution in [2.75, 3.05) is 24.7 Å². The Hall–Kier alpha value is -6.78. The quantitative estimate of drug-likeness (QED) is 0.0233. The summed E-state index contributed by atoms with van der Waals surface area (Å²) in [6, 6.07) is 27.8. The fourth-order valence-corrected chi connectivity index (χ4v) is 5.89. The number of rotatable bonds is 17. The highest BCUT2D eigenvalue weighted by Gasteiger charge is 2.34. The number of hydrogen-bond donors (Lipinski definition) is 4. The Morgan fingerprint density at radius 1 is 0.574 bits per heavy atom. The van der Waals surface area contributed by atoms with E-state index in [0.29, 0.717) is 28.9 Å². The summed E-state index contributed by atoms with van der Waals surface area (Å²) in [5, 5.41) is 22.8. The molecule has 0 saturated carbocycles. The van der Waals surface area contributed by atoms with Gasteiger partial charge in [-0.2, -0.15) is 26.3 Å². The molecule has 0 bridgehead atoms. The first-order chi connectivity index (χ1) is 28.8. The molecule has 5 rings (SSSR count). The van der Waals surface area contributed by atoms with Crippen LogP contribution in [-0.2, 0) is 0 Å². The molecule has 0 aromatic heterocycles. The SMILES string of the molecule is Nc1cc(N)cc(C(CC/C=C/c2ccc(C(=O)Oc3ccc(OCC(F)(F)F)cc3)cc2)C(O)(O)C/C=C/c2ccc(C(=O)Oc3ccc(OCC(F)(F)F)cc3)cc2)c1. The number of alkyl halides is 6. The van der Waals surface area contributed by atoms with E-state index in [-0.39, 0.29) is 47.0 Å². The molecule has 0 spiro atoms. The predicted octanol–water partition coefficient (Wildman–Crippen LogP) is 9.53. The number of esters is 2. The second kappa shape index (κ2) is 20.0. The Morgan fingerprint density at radius 2 is 0.967 bits per heavy atom. The molecule has 6 N–H and O–H groups in total. The summed E-state index contributed by atoms with van der Waals surface area (Å²) in [4.78, 5) is 25.3. The summed E-state index contributed by atoms with van der Waals surface area (Å²) in [5.74, 6) is -4.32. The standard InChI is InChI=1S/C45H40F6N2O8/c46-44(47,48)27-58-36-15-19-38(20-16-36)60-41(54)31-11-7-29(8-12-31)4-1-2-6-40(33-24-34(52)26-35(53)25-33)43(56,57)23-3-5-30-9-13-32(14-10-30)42(55)61-39-21-17-37(18-22-39)59-28-45(49,50)51/h1,3-5,7-22,24-26,40,56-57H,2,6,23,27-28,52-53H2/b4-1+,5-3+. The maximum absolute atomic E-state index is 12.6. The van der Waals surface area contributed by atoms with Crippen molar-refractivity contribution in [3.8, 4) is 23.0 Å². The monoisotopic (exact) mass is 850 g/mol. The van der Waals surface area contributed by atoms with E-state index in [2.05, 4.69) is 9.47 Å². The molecule has 0 saturated heterocycles. The van der Waals surface area contributed by atoms with Crippen molar-refractivity contribution in [2.45, 2.75) is 43.3 Å². The highest BCUT2D eigenvalue weighted by molar-refractivity contribution is 5.92. The maximum Gasteiger partial charge on any atom is 0.422 e. The number of aliphatic hydroxyl groups is 2. The first-order valence-corrected chi connectivity index (χ1v) is 18.5. The third-order valence-corrected chi connectivity index (χ3v) is 8.79.